The van der Waals surface area contributed by atoms with Gasteiger partial charge in [0.15, 0.2) is 0 Å². The van der Waals surface area contributed by atoms with Gasteiger partial charge in [0.05, 0.1) is 6.04 Å². The van der Waals surface area contributed by atoms with Crippen molar-refractivity contribution in [3.63, 3.8) is 0 Å². The average Bonchev–Trinajstić information content (AvgIpc) is 2.17. The zero-order chi connectivity index (χ0) is 12.3. The Morgan fingerprint density at radius 2 is 1.75 bits per heavy atom. The molecule has 0 bridgehead atoms. The summed E-state index contributed by atoms with van der Waals surface area (Å²) in [6.07, 6.45) is 0. The molecule has 1 aliphatic heterocycles. The lowest BCUT2D eigenvalue weighted by Gasteiger charge is -2.42. The molecule has 0 aromatic rings. The van der Waals surface area contributed by atoms with Gasteiger partial charge in [0.2, 0.25) is 5.91 Å². The van der Waals surface area contributed by atoms with Crippen molar-refractivity contribution in [2.45, 2.75) is 32.4 Å². The number of piperazine rings is 1. The SMILES string of the molecule is CC(C)(C)N1CCN(CC(N)C(N)=O)CC1. The summed E-state index contributed by atoms with van der Waals surface area (Å²) in [4.78, 5) is 15.5. The van der Waals surface area contributed by atoms with E-state index in [-0.39, 0.29) is 5.54 Å². The number of nitrogens with zero attached hydrogens (tertiary/aromatic N) is 2. The Bertz CT molecular complexity index is 241. The van der Waals surface area contributed by atoms with Gasteiger partial charge in [-0.3, -0.25) is 14.6 Å². The van der Waals surface area contributed by atoms with Gasteiger partial charge in [-0.15, -0.1) is 0 Å². The first-order chi connectivity index (χ1) is 7.30. The number of amides is 1. The van der Waals surface area contributed by atoms with Crippen molar-refractivity contribution in [1.29, 1.82) is 0 Å². The first-order valence-corrected chi connectivity index (χ1v) is 5.83. The van der Waals surface area contributed by atoms with E-state index in [4.69, 9.17) is 11.5 Å². The predicted octanol–water partition coefficient (Wildman–Crippen LogP) is -0.785. The Kier molecular flexibility index (Phi) is 4.29. The van der Waals surface area contributed by atoms with Gasteiger partial charge in [-0.25, -0.2) is 0 Å². The van der Waals surface area contributed by atoms with Crippen molar-refractivity contribution in [3.05, 3.63) is 0 Å². The largest absolute Gasteiger partial charge is 0.368 e. The number of hydrogen-bond donors (Lipinski definition) is 2. The van der Waals surface area contributed by atoms with Gasteiger partial charge in [-0.1, -0.05) is 0 Å². The Hall–Kier alpha value is -0.650. The summed E-state index contributed by atoms with van der Waals surface area (Å²) in [5.41, 5.74) is 11.0. The third-order valence-corrected chi connectivity index (χ3v) is 3.14. The van der Waals surface area contributed by atoms with Crippen LogP contribution in [0.3, 0.4) is 0 Å². The van der Waals surface area contributed by atoms with Crippen molar-refractivity contribution in [2.75, 3.05) is 32.7 Å². The molecule has 1 amide bonds. The molecule has 94 valence electrons. The summed E-state index contributed by atoms with van der Waals surface area (Å²) < 4.78 is 0. The maximum Gasteiger partial charge on any atom is 0.235 e. The number of primary amides is 1. The van der Waals surface area contributed by atoms with E-state index in [0.717, 1.165) is 26.2 Å². The molecule has 0 radical (unpaired) electrons. The quantitative estimate of drug-likeness (QED) is 0.664. The molecule has 16 heavy (non-hydrogen) atoms. The van der Waals surface area contributed by atoms with E-state index in [2.05, 4.69) is 30.6 Å². The molecule has 1 saturated heterocycles. The van der Waals surface area contributed by atoms with E-state index >= 15 is 0 Å². The topological polar surface area (TPSA) is 75.6 Å². The van der Waals surface area contributed by atoms with Crippen LogP contribution in [0.5, 0.6) is 0 Å². The summed E-state index contributed by atoms with van der Waals surface area (Å²) in [7, 11) is 0. The Balaban J connectivity index is 2.35. The number of nitrogens with two attached hydrogens (primary N) is 2. The second-order valence-electron chi connectivity index (χ2n) is 5.47. The fourth-order valence-corrected chi connectivity index (χ4v) is 1.97. The Morgan fingerprint density at radius 1 is 1.25 bits per heavy atom. The molecular weight excluding hydrogens is 204 g/mol. The van der Waals surface area contributed by atoms with Crippen LogP contribution in [0.1, 0.15) is 20.8 Å². The minimum Gasteiger partial charge on any atom is -0.368 e. The van der Waals surface area contributed by atoms with Crippen LogP contribution < -0.4 is 11.5 Å². The molecule has 1 aliphatic rings. The van der Waals surface area contributed by atoms with Gasteiger partial charge < -0.3 is 11.5 Å². The highest BCUT2D eigenvalue weighted by molar-refractivity contribution is 5.79. The summed E-state index contributed by atoms with van der Waals surface area (Å²) >= 11 is 0. The second-order valence-corrected chi connectivity index (χ2v) is 5.47. The smallest absolute Gasteiger partial charge is 0.235 e. The van der Waals surface area contributed by atoms with E-state index in [1.165, 1.54) is 0 Å². The van der Waals surface area contributed by atoms with Gasteiger partial charge in [0.25, 0.3) is 0 Å². The highest BCUT2D eigenvalue weighted by Gasteiger charge is 2.26. The average molecular weight is 228 g/mol. The van der Waals surface area contributed by atoms with Gasteiger partial charge >= 0.3 is 0 Å². The fraction of sp³-hybridized carbons (Fsp3) is 0.909. The molecule has 0 saturated carbocycles. The van der Waals surface area contributed by atoms with Crippen molar-refractivity contribution in [1.82, 2.24) is 9.80 Å². The van der Waals surface area contributed by atoms with Crippen LogP contribution in [0.4, 0.5) is 0 Å². The molecule has 0 aliphatic carbocycles. The first-order valence-electron chi connectivity index (χ1n) is 5.83. The maximum absolute atomic E-state index is 10.9. The number of carbonyl (C=O) groups excluding carboxylic acids is 1. The number of rotatable bonds is 3. The first kappa shape index (κ1) is 13.4. The molecular formula is C11H24N4O. The summed E-state index contributed by atoms with van der Waals surface area (Å²) in [6.45, 7) is 11.2. The van der Waals surface area contributed by atoms with Crippen LogP contribution in [-0.2, 0) is 4.79 Å². The molecule has 1 heterocycles. The van der Waals surface area contributed by atoms with Gasteiger partial charge in [0.1, 0.15) is 0 Å². The monoisotopic (exact) mass is 228 g/mol. The lowest BCUT2D eigenvalue weighted by atomic mass is 10.0. The van der Waals surface area contributed by atoms with E-state index in [9.17, 15) is 4.79 Å². The lowest BCUT2D eigenvalue weighted by Crippen LogP contribution is -2.56. The molecule has 0 spiro atoms. The van der Waals surface area contributed by atoms with Crippen LogP contribution in [0, 0.1) is 0 Å². The highest BCUT2D eigenvalue weighted by Crippen LogP contribution is 2.15. The maximum atomic E-state index is 10.9. The summed E-state index contributed by atoms with van der Waals surface area (Å²) in [5.74, 6) is -0.418. The van der Waals surface area contributed by atoms with Crippen LogP contribution in [0.15, 0.2) is 0 Å². The van der Waals surface area contributed by atoms with Crippen molar-refractivity contribution < 1.29 is 4.79 Å². The van der Waals surface area contributed by atoms with Gasteiger partial charge in [0, 0.05) is 38.3 Å². The molecule has 5 nitrogen and oxygen atoms in total. The lowest BCUT2D eigenvalue weighted by molar-refractivity contribution is -0.119. The molecule has 1 rings (SSSR count). The molecule has 1 fully saturated rings. The number of carbonyl (C=O) groups is 1. The van der Waals surface area contributed by atoms with Crippen LogP contribution in [0.2, 0.25) is 0 Å². The van der Waals surface area contributed by atoms with Crippen molar-refractivity contribution in [3.8, 4) is 0 Å². The van der Waals surface area contributed by atoms with E-state index in [1.807, 2.05) is 0 Å². The third-order valence-electron chi connectivity index (χ3n) is 3.14. The molecule has 1 atom stereocenters. The normalized spacial score (nSPS) is 22.0. The second kappa shape index (κ2) is 5.12. The third kappa shape index (κ3) is 3.73. The van der Waals surface area contributed by atoms with Crippen LogP contribution in [-0.4, -0.2) is 60.0 Å². The Morgan fingerprint density at radius 3 is 2.12 bits per heavy atom. The summed E-state index contributed by atoms with van der Waals surface area (Å²) in [5, 5.41) is 0. The molecule has 5 heteroatoms. The summed E-state index contributed by atoms with van der Waals surface area (Å²) in [6, 6.07) is -0.541. The van der Waals surface area contributed by atoms with Crippen LogP contribution in [0.25, 0.3) is 0 Å². The number of hydrogen-bond acceptors (Lipinski definition) is 4. The minimum atomic E-state index is -0.541. The van der Waals surface area contributed by atoms with Crippen LogP contribution >= 0.6 is 0 Å². The standard InChI is InChI=1S/C11H24N4O/c1-11(2,3)15-6-4-14(5-7-15)8-9(12)10(13)16/h9H,4-8,12H2,1-3H3,(H2,13,16). The highest BCUT2D eigenvalue weighted by atomic mass is 16.1. The van der Waals surface area contributed by atoms with E-state index < -0.39 is 11.9 Å². The molecule has 0 aromatic heterocycles. The van der Waals surface area contributed by atoms with Crippen molar-refractivity contribution >= 4 is 5.91 Å². The van der Waals surface area contributed by atoms with Gasteiger partial charge in [-0.2, -0.15) is 0 Å². The molecule has 0 aromatic carbocycles. The zero-order valence-electron chi connectivity index (χ0n) is 10.6. The minimum absolute atomic E-state index is 0.220. The van der Waals surface area contributed by atoms with Crippen molar-refractivity contribution in [2.24, 2.45) is 11.5 Å². The zero-order valence-corrected chi connectivity index (χ0v) is 10.6. The fourth-order valence-electron chi connectivity index (χ4n) is 1.97. The van der Waals surface area contributed by atoms with Gasteiger partial charge in [-0.05, 0) is 20.8 Å². The Labute approximate surface area is 97.7 Å². The molecule has 1 unspecified atom stereocenters. The molecule has 4 N–H and O–H groups in total. The van der Waals surface area contributed by atoms with E-state index in [1.54, 1.807) is 0 Å². The van der Waals surface area contributed by atoms with E-state index in [0.29, 0.717) is 6.54 Å². The predicted molar refractivity (Wildman–Crippen MR) is 64.9 cm³/mol.